The molecule has 2 N–H and O–H groups in total. The summed E-state index contributed by atoms with van der Waals surface area (Å²) < 4.78 is 0. The molecule has 0 aromatic heterocycles. The predicted molar refractivity (Wildman–Crippen MR) is 143 cm³/mol. The van der Waals surface area contributed by atoms with Crippen molar-refractivity contribution in [3.8, 4) is 0 Å². The van der Waals surface area contributed by atoms with Crippen molar-refractivity contribution in [3.05, 3.63) is 29.3 Å². The minimum absolute atomic E-state index is 0.0952. The molecule has 2 aliphatic heterocycles. The Morgan fingerprint density at radius 3 is 2.61 bits per heavy atom. The molecule has 4 aliphatic rings. The van der Waals surface area contributed by atoms with E-state index in [9.17, 15) is 14.4 Å². The van der Waals surface area contributed by atoms with Gasteiger partial charge in [0.05, 0.1) is 0 Å². The summed E-state index contributed by atoms with van der Waals surface area (Å²) in [5, 5.41) is 6.28. The molecule has 0 spiro atoms. The van der Waals surface area contributed by atoms with Crippen LogP contribution in [-0.2, 0) is 16.1 Å². The number of thioether (sulfide) groups is 1. The van der Waals surface area contributed by atoms with Gasteiger partial charge in [0.2, 0.25) is 11.8 Å². The molecule has 1 aromatic rings. The summed E-state index contributed by atoms with van der Waals surface area (Å²) in [7, 11) is 0. The van der Waals surface area contributed by atoms with Crippen LogP contribution >= 0.6 is 11.8 Å². The third-order valence-corrected chi connectivity index (χ3v) is 11.2. The van der Waals surface area contributed by atoms with Crippen LogP contribution in [0.4, 0.5) is 0 Å². The fourth-order valence-electron chi connectivity index (χ4n) is 7.24. The molecule has 196 valence electrons. The number of imide groups is 1. The maximum absolute atomic E-state index is 13.0. The van der Waals surface area contributed by atoms with Crippen molar-refractivity contribution in [1.82, 2.24) is 15.5 Å². The van der Waals surface area contributed by atoms with Crippen molar-refractivity contribution in [3.63, 3.8) is 0 Å². The molecule has 36 heavy (non-hydrogen) atoms. The van der Waals surface area contributed by atoms with E-state index < -0.39 is 6.04 Å². The Labute approximate surface area is 219 Å². The van der Waals surface area contributed by atoms with Crippen LogP contribution in [0.3, 0.4) is 0 Å². The highest BCUT2D eigenvalue weighted by molar-refractivity contribution is 7.99. The average molecular weight is 512 g/mol. The molecule has 7 heteroatoms. The number of benzene rings is 1. The van der Waals surface area contributed by atoms with Gasteiger partial charge in [0.1, 0.15) is 6.04 Å². The lowest BCUT2D eigenvalue weighted by molar-refractivity contribution is -0.136. The molecule has 6 nitrogen and oxygen atoms in total. The molecule has 1 aromatic carbocycles. The van der Waals surface area contributed by atoms with E-state index >= 15 is 0 Å². The second-order valence-corrected chi connectivity index (χ2v) is 13.2. The first-order chi connectivity index (χ1) is 17.2. The van der Waals surface area contributed by atoms with E-state index in [0.717, 1.165) is 35.1 Å². The van der Waals surface area contributed by atoms with Gasteiger partial charge in [0.25, 0.3) is 5.91 Å². The number of nitrogens with zero attached hydrogens (tertiary/aromatic N) is 1. The topological polar surface area (TPSA) is 78.5 Å². The SMILES string of the molecule is CC1(C)[C@@H]2CC[C@@]1(C)[C@@H](NCCCCCCSc1cccc3c1CN(C1CCC(=O)NC1=O)C3=O)C2. The molecule has 1 unspecified atom stereocenters. The van der Waals surface area contributed by atoms with Crippen LogP contribution in [0, 0.1) is 16.7 Å². The summed E-state index contributed by atoms with van der Waals surface area (Å²) in [5.74, 6) is 1.23. The van der Waals surface area contributed by atoms with Crippen LogP contribution in [0.5, 0.6) is 0 Å². The number of piperidine rings is 1. The molecule has 3 fully saturated rings. The highest BCUT2D eigenvalue weighted by atomic mass is 32.2. The average Bonchev–Trinajstić information content (AvgIpc) is 3.36. The van der Waals surface area contributed by atoms with E-state index in [2.05, 4.69) is 37.5 Å². The third kappa shape index (κ3) is 4.51. The van der Waals surface area contributed by atoms with E-state index in [1.807, 2.05) is 23.9 Å². The lowest BCUT2D eigenvalue weighted by Crippen LogP contribution is -2.52. The maximum Gasteiger partial charge on any atom is 0.255 e. The fourth-order valence-corrected chi connectivity index (χ4v) is 8.34. The Kier molecular flexibility index (Phi) is 7.25. The largest absolute Gasteiger partial charge is 0.322 e. The lowest BCUT2D eigenvalue weighted by Gasteiger charge is -2.39. The second kappa shape index (κ2) is 10.1. The zero-order chi connectivity index (χ0) is 25.5. The Hall–Kier alpha value is -1.86. The molecule has 5 rings (SSSR count). The minimum Gasteiger partial charge on any atom is -0.322 e. The summed E-state index contributed by atoms with van der Waals surface area (Å²) >= 11 is 1.82. The van der Waals surface area contributed by atoms with E-state index in [1.165, 1.54) is 38.5 Å². The summed E-state index contributed by atoms with van der Waals surface area (Å²) in [6.07, 6.45) is 9.69. The van der Waals surface area contributed by atoms with Gasteiger partial charge in [-0.1, -0.05) is 39.7 Å². The highest BCUT2D eigenvalue weighted by Gasteiger charge is 2.60. The smallest absolute Gasteiger partial charge is 0.255 e. The standard InChI is InChI=1S/C29H41N3O3S/c1-28(2)19-13-14-29(28,3)24(17-19)30-15-6-4-5-7-16-36-23-10-8-9-20-21(23)18-32(27(20)35)22-11-12-25(33)31-26(22)34/h8-10,19,22,24,30H,4-7,11-18H2,1-3H3,(H,31,33,34)/t19-,22?,24+,29+/m1/s1. The number of carbonyl (C=O) groups excluding carboxylic acids is 3. The molecule has 0 radical (unpaired) electrons. The van der Waals surface area contributed by atoms with Gasteiger partial charge in [-0.05, 0) is 85.3 Å². The number of unbranched alkanes of at least 4 members (excludes halogenated alkanes) is 3. The summed E-state index contributed by atoms with van der Waals surface area (Å²) in [5.41, 5.74) is 2.67. The van der Waals surface area contributed by atoms with Crippen LogP contribution in [0.2, 0.25) is 0 Å². The van der Waals surface area contributed by atoms with Crippen molar-refractivity contribution >= 4 is 29.5 Å². The summed E-state index contributed by atoms with van der Waals surface area (Å²) in [6.45, 7) is 9.05. The van der Waals surface area contributed by atoms with E-state index in [0.29, 0.717) is 35.4 Å². The number of hydrogen-bond donors (Lipinski definition) is 2. The third-order valence-electron chi connectivity index (χ3n) is 10.1. The van der Waals surface area contributed by atoms with E-state index in [4.69, 9.17) is 0 Å². The number of rotatable bonds is 10. The van der Waals surface area contributed by atoms with E-state index in [-0.39, 0.29) is 24.1 Å². The van der Waals surface area contributed by atoms with Gasteiger partial charge in [0, 0.05) is 29.5 Å². The fraction of sp³-hybridized carbons (Fsp3) is 0.690. The molecule has 4 atom stereocenters. The Bertz CT molecular complexity index is 1040. The quantitative estimate of drug-likeness (QED) is 0.265. The first-order valence-corrected chi connectivity index (χ1v) is 14.8. The van der Waals surface area contributed by atoms with Crippen LogP contribution in [0.1, 0.15) is 94.5 Å². The van der Waals surface area contributed by atoms with Crippen LogP contribution in [0.15, 0.2) is 23.1 Å². The second-order valence-electron chi connectivity index (χ2n) is 12.1. The molecule has 3 amide bonds. The zero-order valence-corrected chi connectivity index (χ0v) is 22.8. The monoisotopic (exact) mass is 511 g/mol. The first-order valence-electron chi connectivity index (χ1n) is 13.8. The number of hydrogen-bond acceptors (Lipinski definition) is 5. The molecule has 2 aliphatic carbocycles. The van der Waals surface area contributed by atoms with E-state index in [1.54, 1.807) is 4.90 Å². The normalized spacial score (nSPS) is 30.7. The Morgan fingerprint density at radius 1 is 1.08 bits per heavy atom. The molecule has 2 saturated carbocycles. The summed E-state index contributed by atoms with van der Waals surface area (Å²) in [4.78, 5) is 39.6. The number of fused-ring (bicyclic) bond motifs is 3. The highest BCUT2D eigenvalue weighted by Crippen LogP contribution is 2.65. The molecule has 2 heterocycles. The maximum atomic E-state index is 13.0. The van der Waals surface area contributed by atoms with Gasteiger partial charge in [-0.3, -0.25) is 19.7 Å². The van der Waals surface area contributed by atoms with Gasteiger partial charge in [-0.2, -0.15) is 0 Å². The van der Waals surface area contributed by atoms with Gasteiger partial charge < -0.3 is 10.2 Å². The molecule has 2 bridgehead atoms. The minimum atomic E-state index is -0.554. The summed E-state index contributed by atoms with van der Waals surface area (Å²) in [6, 6.07) is 6.02. The van der Waals surface area contributed by atoms with Gasteiger partial charge in [-0.25, -0.2) is 0 Å². The van der Waals surface area contributed by atoms with Crippen molar-refractivity contribution in [2.24, 2.45) is 16.7 Å². The van der Waals surface area contributed by atoms with Gasteiger partial charge >= 0.3 is 0 Å². The Balaban J connectivity index is 1.03. The molecular weight excluding hydrogens is 470 g/mol. The first kappa shape index (κ1) is 25.8. The van der Waals surface area contributed by atoms with Crippen LogP contribution in [0.25, 0.3) is 0 Å². The van der Waals surface area contributed by atoms with Crippen LogP contribution < -0.4 is 10.6 Å². The van der Waals surface area contributed by atoms with Crippen molar-refractivity contribution in [2.75, 3.05) is 12.3 Å². The van der Waals surface area contributed by atoms with Crippen LogP contribution in [-0.4, -0.2) is 47.0 Å². The number of nitrogens with one attached hydrogen (secondary N) is 2. The van der Waals surface area contributed by atoms with Crippen molar-refractivity contribution in [1.29, 1.82) is 0 Å². The molecule has 1 saturated heterocycles. The number of amides is 3. The lowest BCUT2D eigenvalue weighted by atomic mass is 9.69. The number of carbonyl (C=O) groups is 3. The predicted octanol–water partition coefficient (Wildman–Crippen LogP) is 4.90. The van der Waals surface area contributed by atoms with Gasteiger partial charge in [0.15, 0.2) is 0 Å². The van der Waals surface area contributed by atoms with Crippen molar-refractivity contribution < 1.29 is 14.4 Å². The molecular formula is C29H41N3O3S. The van der Waals surface area contributed by atoms with Gasteiger partial charge in [-0.15, -0.1) is 11.8 Å². The van der Waals surface area contributed by atoms with Crippen molar-refractivity contribution in [2.45, 2.75) is 102 Å². The Morgan fingerprint density at radius 2 is 1.89 bits per heavy atom. The zero-order valence-electron chi connectivity index (χ0n) is 22.0.